The molecule has 0 bridgehead atoms. The van der Waals surface area contributed by atoms with Crippen LogP contribution in [-0.2, 0) is 6.54 Å². The van der Waals surface area contributed by atoms with Gasteiger partial charge in [-0.05, 0) is 25.1 Å². The topological polar surface area (TPSA) is 68.8 Å². The Bertz CT molecular complexity index is 686. The van der Waals surface area contributed by atoms with Gasteiger partial charge in [-0.2, -0.15) is 5.10 Å². The Balaban J connectivity index is 1.74. The average Bonchev–Trinajstić information content (AvgIpc) is 2.98. The first-order valence-electron chi connectivity index (χ1n) is 6.10. The molecule has 0 saturated heterocycles. The van der Waals surface area contributed by atoms with Crippen molar-refractivity contribution in [2.24, 2.45) is 0 Å². The van der Waals surface area contributed by atoms with E-state index in [0.29, 0.717) is 0 Å². The van der Waals surface area contributed by atoms with Crippen molar-refractivity contribution in [2.75, 3.05) is 17.6 Å². The Kier molecular flexibility index (Phi) is 3.08. The summed E-state index contributed by atoms with van der Waals surface area (Å²) >= 11 is 1.66. The second kappa shape index (κ2) is 4.89. The molecule has 19 heavy (non-hydrogen) atoms. The van der Waals surface area contributed by atoms with Crippen molar-refractivity contribution in [3.8, 4) is 0 Å². The monoisotopic (exact) mass is 273 g/mol. The van der Waals surface area contributed by atoms with Crippen molar-refractivity contribution in [3.63, 3.8) is 0 Å². The van der Waals surface area contributed by atoms with Crippen LogP contribution in [0.25, 0.3) is 10.2 Å². The fourth-order valence-electron chi connectivity index (χ4n) is 2.00. The van der Waals surface area contributed by atoms with Crippen LogP contribution in [0.15, 0.2) is 30.6 Å². The predicted octanol–water partition coefficient (Wildman–Crippen LogP) is 2.50. The molecule has 6 heteroatoms. The highest BCUT2D eigenvalue weighted by molar-refractivity contribution is 7.18. The van der Waals surface area contributed by atoms with Crippen LogP contribution in [0.4, 0.5) is 11.4 Å². The minimum absolute atomic E-state index is 0.761. The zero-order chi connectivity index (χ0) is 13.2. The van der Waals surface area contributed by atoms with E-state index in [1.807, 2.05) is 36.0 Å². The summed E-state index contributed by atoms with van der Waals surface area (Å²) in [5.74, 6) is 0. The highest BCUT2D eigenvalue weighted by Crippen LogP contribution is 2.29. The number of nitrogens with one attached hydrogen (secondary N) is 1. The highest BCUT2D eigenvalue weighted by Gasteiger charge is 2.05. The van der Waals surface area contributed by atoms with Crippen LogP contribution < -0.4 is 11.1 Å². The molecule has 98 valence electrons. The molecule has 0 fully saturated rings. The van der Waals surface area contributed by atoms with E-state index in [1.165, 1.54) is 0 Å². The molecule has 3 rings (SSSR count). The third-order valence-corrected chi connectivity index (χ3v) is 3.82. The summed E-state index contributed by atoms with van der Waals surface area (Å²) in [5.41, 5.74) is 8.74. The normalized spacial score (nSPS) is 11.0. The average molecular weight is 273 g/mol. The number of nitrogen functional groups attached to an aromatic ring is 1. The Labute approximate surface area is 115 Å². The van der Waals surface area contributed by atoms with Crippen LogP contribution in [0.3, 0.4) is 0 Å². The molecule has 5 nitrogen and oxygen atoms in total. The fraction of sp³-hybridized carbons (Fsp3) is 0.231. The number of benzene rings is 1. The van der Waals surface area contributed by atoms with Gasteiger partial charge in [0.15, 0.2) is 0 Å². The number of nitrogens with two attached hydrogens (primary N) is 1. The van der Waals surface area contributed by atoms with E-state index in [1.54, 1.807) is 17.5 Å². The van der Waals surface area contributed by atoms with Crippen molar-refractivity contribution in [1.29, 1.82) is 0 Å². The van der Waals surface area contributed by atoms with Crippen LogP contribution in [0.2, 0.25) is 0 Å². The zero-order valence-electron chi connectivity index (χ0n) is 10.6. The largest absolute Gasteiger partial charge is 0.397 e. The summed E-state index contributed by atoms with van der Waals surface area (Å²) in [6.07, 6.45) is 3.72. The number of hydrogen-bond donors (Lipinski definition) is 2. The molecule has 0 spiro atoms. The number of rotatable bonds is 4. The van der Waals surface area contributed by atoms with Gasteiger partial charge in [0.2, 0.25) is 0 Å². The number of aryl methyl sites for hydroxylation is 1. The van der Waals surface area contributed by atoms with Crippen LogP contribution in [-0.4, -0.2) is 21.3 Å². The number of fused-ring (bicyclic) bond motifs is 1. The molecule has 0 aliphatic carbocycles. The van der Waals surface area contributed by atoms with E-state index in [2.05, 4.69) is 15.4 Å². The van der Waals surface area contributed by atoms with E-state index in [0.717, 1.165) is 39.7 Å². The van der Waals surface area contributed by atoms with Crippen LogP contribution in [0, 0.1) is 6.92 Å². The molecule has 0 saturated carbocycles. The summed E-state index contributed by atoms with van der Waals surface area (Å²) in [4.78, 5) is 4.48. The van der Waals surface area contributed by atoms with Gasteiger partial charge >= 0.3 is 0 Å². The smallest absolute Gasteiger partial charge is 0.0907 e. The fourth-order valence-corrected chi connectivity index (χ4v) is 2.85. The van der Waals surface area contributed by atoms with Crippen molar-refractivity contribution in [1.82, 2.24) is 14.8 Å². The quantitative estimate of drug-likeness (QED) is 0.717. The van der Waals surface area contributed by atoms with Gasteiger partial charge in [0.05, 0.1) is 33.1 Å². The number of thiazole rings is 1. The molecule has 2 heterocycles. The second-order valence-electron chi connectivity index (χ2n) is 4.34. The second-order valence-corrected chi connectivity index (χ2v) is 5.57. The van der Waals surface area contributed by atoms with Gasteiger partial charge in [-0.25, -0.2) is 4.98 Å². The molecular weight excluding hydrogens is 258 g/mol. The van der Waals surface area contributed by atoms with E-state index in [4.69, 9.17) is 5.73 Å². The Morgan fingerprint density at radius 1 is 1.42 bits per heavy atom. The van der Waals surface area contributed by atoms with Gasteiger partial charge in [0, 0.05) is 18.9 Å². The van der Waals surface area contributed by atoms with E-state index < -0.39 is 0 Å². The van der Waals surface area contributed by atoms with Crippen molar-refractivity contribution in [3.05, 3.63) is 35.6 Å². The molecule has 3 aromatic rings. The van der Waals surface area contributed by atoms with Gasteiger partial charge in [0.25, 0.3) is 0 Å². The minimum Gasteiger partial charge on any atom is -0.397 e. The molecule has 0 atom stereocenters. The zero-order valence-corrected chi connectivity index (χ0v) is 11.4. The lowest BCUT2D eigenvalue weighted by Crippen LogP contribution is -2.11. The molecule has 0 aliphatic rings. The first-order chi connectivity index (χ1) is 9.22. The van der Waals surface area contributed by atoms with Crippen molar-refractivity contribution < 1.29 is 0 Å². The van der Waals surface area contributed by atoms with Crippen LogP contribution in [0.5, 0.6) is 0 Å². The number of aromatic nitrogens is 3. The highest BCUT2D eigenvalue weighted by atomic mass is 32.1. The first kappa shape index (κ1) is 12.0. The van der Waals surface area contributed by atoms with Gasteiger partial charge in [-0.3, -0.25) is 4.68 Å². The number of hydrogen-bond acceptors (Lipinski definition) is 5. The molecule has 0 unspecified atom stereocenters. The summed E-state index contributed by atoms with van der Waals surface area (Å²) in [6, 6.07) is 5.91. The van der Waals surface area contributed by atoms with Crippen LogP contribution in [0.1, 0.15) is 5.01 Å². The third kappa shape index (κ3) is 2.53. The molecule has 1 aromatic carbocycles. The van der Waals surface area contributed by atoms with E-state index in [-0.39, 0.29) is 0 Å². The van der Waals surface area contributed by atoms with Gasteiger partial charge < -0.3 is 11.1 Å². The van der Waals surface area contributed by atoms with Gasteiger partial charge in [-0.1, -0.05) is 0 Å². The maximum atomic E-state index is 6.05. The van der Waals surface area contributed by atoms with E-state index >= 15 is 0 Å². The summed E-state index contributed by atoms with van der Waals surface area (Å²) < 4.78 is 3.02. The summed E-state index contributed by atoms with van der Waals surface area (Å²) in [7, 11) is 0. The predicted molar refractivity (Wildman–Crippen MR) is 79.5 cm³/mol. The van der Waals surface area contributed by atoms with Crippen LogP contribution >= 0.6 is 11.3 Å². The molecule has 0 amide bonds. The maximum absolute atomic E-state index is 6.05. The number of nitrogens with zero attached hydrogens (tertiary/aromatic N) is 3. The minimum atomic E-state index is 0.761. The lowest BCUT2D eigenvalue weighted by Gasteiger charge is -2.09. The molecule has 2 aromatic heterocycles. The summed E-state index contributed by atoms with van der Waals surface area (Å²) in [6.45, 7) is 3.59. The molecule has 0 radical (unpaired) electrons. The van der Waals surface area contributed by atoms with Gasteiger partial charge in [0.1, 0.15) is 0 Å². The molecule has 3 N–H and O–H groups in total. The third-order valence-electron chi connectivity index (χ3n) is 2.88. The van der Waals surface area contributed by atoms with E-state index in [9.17, 15) is 0 Å². The summed E-state index contributed by atoms with van der Waals surface area (Å²) in [5, 5.41) is 8.55. The Hall–Kier alpha value is -2.08. The Morgan fingerprint density at radius 2 is 2.32 bits per heavy atom. The lowest BCUT2D eigenvalue weighted by atomic mass is 10.2. The first-order valence-corrected chi connectivity index (χ1v) is 6.92. The standard InChI is InChI=1S/C13H15N5S/c1-9-17-12-8-11(10(14)7-13(12)19-9)15-4-6-18-5-2-3-16-18/h2-3,5,7-8,15H,4,6,14H2,1H3. The van der Waals surface area contributed by atoms with Crippen molar-refractivity contribution >= 4 is 32.9 Å². The lowest BCUT2D eigenvalue weighted by molar-refractivity contribution is 0.638. The molecule has 0 aliphatic heterocycles. The Morgan fingerprint density at radius 3 is 3.11 bits per heavy atom. The maximum Gasteiger partial charge on any atom is 0.0907 e. The number of anilines is 2. The van der Waals surface area contributed by atoms with Gasteiger partial charge in [-0.15, -0.1) is 11.3 Å². The SMILES string of the molecule is Cc1nc2cc(NCCn3cccn3)c(N)cc2s1. The molecular formula is C13H15N5S. The van der Waals surface area contributed by atoms with Crippen molar-refractivity contribution in [2.45, 2.75) is 13.5 Å².